The van der Waals surface area contributed by atoms with Gasteiger partial charge in [0.05, 0.1) is 7.11 Å². The number of phenols is 1. The molecule has 1 N–H and O–H groups in total. The van der Waals surface area contributed by atoms with E-state index in [0.717, 1.165) is 11.1 Å². The highest BCUT2D eigenvalue weighted by Gasteiger charge is 2.10. The van der Waals surface area contributed by atoms with E-state index in [1.165, 1.54) is 12.1 Å². The Balaban J connectivity index is 2.60. The zero-order chi connectivity index (χ0) is 12.4. The molecule has 0 aliphatic heterocycles. The molecule has 3 heteroatoms. The van der Waals surface area contributed by atoms with Gasteiger partial charge in [0, 0.05) is 5.56 Å². The van der Waals surface area contributed by atoms with Crippen LogP contribution in [0.4, 0.5) is 4.39 Å². The molecular formula is C14H12FO2. The first-order valence-electron chi connectivity index (χ1n) is 5.17. The molecule has 87 valence electrons. The van der Waals surface area contributed by atoms with Gasteiger partial charge >= 0.3 is 0 Å². The minimum absolute atomic E-state index is 0.366. The number of hydrogen-bond acceptors (Lipinski definition) is 2. The molecule has 0 spiro atoms. The van der Waals surface area contributed by atoms with Gasteiger partial charge in [-0.25, -0.2) is 4.39 Å². The molecule has 0 atom stereocenters. The van der Waals surface area contributed by atoms with Crippen LogP contribution < -0.4 is 4.74 Å². The monoisotopic (exact) mass is 231 g/mol. The minimum atomic E-state index is -0.632. The Hall–Kier alpha value is -2.03. The van der Waals surface area contributed by atoms with Crippen LogP contribution in [-0.2, 0) is 0 Å². The molecule has 0 heterocycles. The molecule has 17 heavy (non-hydrogen) atoms. The SMILES string of the molecule is COc1c(C)[c]ccc1-c1ccc(F)c(O)c1. The summed E-state index contributed by atoms with van der Waals surface area (Å²) < 4.78 is 18.3. The van der Waals surface area contributed by atoms with Gasteiger partial charge in [-0.1, -0.05) is 18.2 Å². The van der Waals surface area contributed by atoms with Crippen LogP contribution in [0, 0.1) is 18.8 Å². The zero-order valence-electron chi connectivity index (χ0n) is 9.62. The van der Waals surface area contributed by atoms with E-state index in [9.17, 15) is 9.50 Å². The van der Waals surface area contributed by atoms with Gasteiger partial charge in [0.15, 0.2) is 11.6 Å². The van der Waals surface area contributed by atoms with E-state index in [1.807, 2.05) is 13.0 Å². The van der Waals surface area contributed by atoms with Crippen LogP contribution in [-0.4, -0.2) is 12.2 Å². The van der Waals surface area contributed by atoms with Gasteiger partial charge in [0.25, 0.3) is 0 Å². The predicted molar refractivity (Wildman–Crippen MR) is 63.6 cm³/mol. The summed E-state index contributed by atoms with van der Waals surface area (Å²) in [5, 5.41) is 9.37. The van der Waals surface area contributed by atoms with Gasteiger partial charge in [0.2, 0.25) is 0 Å². The van der Waals surface area contributed by atoms with E-state index in [1.54, 1.807) is 19.2 Å². The molecule has 2 aromatic rings. The number of benzene rings is 2. The standard InChI is InChI=1S/C14H12FO2/c1-9-4-3-5-11(14(9)17-2)10-6-7-12(15)13(16)8-10/h3,5-8,16H,1-2H3. The van der Waals surface area contributed by atoms with Crippen molar-refractivity contribution in [1.29, 1.82) is 0 Å². The van der Waals surface area contributed by atoms with Crippen molar-refractivity contribution < 1.29 is 14.2 Å². The summed E-state index contributed by atoms with van der Waals surface area (Å²) in [6, 6.07) is 10.8. The molecule has 2 aromatic carbocycles. The van der Waals surface area contributed by atoms with Gasteiger partial charge < -0.3 is 9.84 Å². The maximum absolute atomic E-state index is 13.0. The van der Waals surface area contributed by atoms with Gasteiger partial charge in [-0.05, 0) is 36.2 Å². The summed E-state index contributed by atoms with van der Waals surface area (Å²) in [4.78, 5) is 0. The van der Waals surface area contributed by atoms with Crippen LogP contribution in [0.3, 0.4) is 0 Å². The van der Waals surface area contributed by atoms with Crippen LogP contribution in [0.1, 0.15) is 5.56 Å². The Bertz CT molecular complexity index is 550. The van der Waals surface area contributed by atoms with Crippen LogP contribution in [0.2, 0.25) is 0 Å². The van der Waals surface area contributed by atoms with Gasteiger partial charge in [0.1, 0.15) is 5.75 Å². The van der Waals surface area contributed by atoms with Gasteiger partial charge in [-0.15, -0.1) is 0 Å². The first-order valence-corrected chi connectivity index (χ1v) is 5.17. The Labute approximate surface area is 99.3 Å². The molecule has 2 rings (SSSR count). The number of halogens is 1. The summed E-state index contributed by atoms with van der Waals surface area (Å²) in [6.45, 7) is 1.88. The number of phenolic OH excluding ortho intramolecular Hbond substituents is 1. The fourth-order valence-corrected chi connectivity index (χ4v) is 1.76. The van der Waals surface area contributed by atoms with Crippen LogP contribution in [0.25, 0.3) is 11.1 Å². The summed E-state index contributed by atoms with van der Waals surface area (Å²) >= 11 is 0. The van der Waals surface area contributed by atoms with Crippen LogP contribution in [0.15, 0.2) is 30.3 Å². The fraction of sp³-hybridized carbons (Fsp3) is 0.143. The number of hydrogen-bond donors (Lipinski definition) is 1. The second-order valence-electron chi connectivity index (χ2n) is 3.72. The quantitative estimate of drug-likeness (QED) is 0.859. The minimum Gasteiger partial charge on any atom is -0.505 e. The summed E-state index contributed by atoms with van der Waals surface area (Å²) in [5.74, 6) is -0.319. The smallest absolute Gasteiger partial charge is 0.164 e. The third-order valence-corrected chi connectivity index (χ3v) is 2.60. The maximum Gasteiger partial charge on any atom is 0.164 e. The molecule has 0 amide bonds. The molecule has 0 bridgehead atoms. The van der Waals surface area contributed by atoms with Gasteiger partial charge in [-0.2, -0.15) is 0 Å². The van der Waals surface area contributed by atoms with Crippen LogP contribution in [0.5, 0.6) is 11.5 Å². The molecular weight excluding hydrogens is 219 g/mol. The molecule has 0 fully saturated rings. The second kappa shape index (κ2) is 4.45. The lowest BCUT2D eigenvalue weighted by atomic mass is 10.0. The summed E-state index contributed by atoms with van der Waals surface area (Å²) in [5.41, 5.74) is 2.38. The number of rotatable bonds is 2. The van der Waals surface area contributed by atoms with Crippen molar-refractivity contribution in [3.05, 3.63) is 47.8 Å². The van der Waals surface area contributed by atoms with E-state index >= 15 is 0 Å². The van der Waals surface area contributed by atoms with Crippen molar-refractivity contribution in [2.45, 2.75) is 6.92 Å². The van der Waals surface area contributed by atoms with Crippen LogP contribution >= 0.6 is 0 Å². The van der Waals surface area contributed by atoms with Crippen molar-refractivity contribution in [2.75, 3.05) is 7.11 Å². The molecule has 0 saturated carbocycles. The van der Waals surface area contributed by atoms with Crippen molar-refractivity contribution in [3.8, 4) is 22.6 Å². The third kappa shape index (κ3) is 2.09. The van der Waals surface area contributed by atoms with E-state index < -0.39 is 5.82 Å². The average Bonchev–Trinajstić information content (AvgIpc) is 2.32. The number of aryl methyl sites for hydroxylation is 1. The zero-order valence-corrected chi connectivity index (χ0v) is 9.62. The van der Waals surface area contributed by atoms with Crippen molar-refractivity contribution in [2.24, 2.45) is 0 Å². The van der Waals surface area contributed by atoms with E-state index in [-0.39, 0.29) is 5.75 Å². The largest absolute Gasteiger partial charge is 0.505 e. The Morgan fingerprint density at radius 1 is 1.29 bits per heavy atom. The summed E-state index contributed by atoms with van der Waals surface area (Å²) in [7, 11) is 1.57. The second-order valence-corrected chi connectivity index (χ2v) is 3.72. The highest BCUT2D eigenvalue weighted by molar-refractivity contribution is 5.72. The Morgan fingerprint density at radius 3 is 2.71 bits per heavy atom. The van der Waals surface area contributed by atoms with E-state index in [4.69, 9.17) is 4.74 Å². The molecule has 1 radical (unpaired) electrons. The lowest BCUT2D eigenvalue weighted by molar-refractivity contribution is 0.413. The lowest BCUT2D eigenvalue weighted by Gasteiger charge is -2.11. The Morgan fingerprint density at radius 2 is 2.06 bits per heavy atom. The highest BCUT2D eigenvalue weighted by Crippen LogP contribution is 2.34. The number of ether oxygens (including phenoxy) is 1. The lowest BCUT2D eigenvalue weighted by Crippen LogP contribution is -1.91. The van der Waals surface area contributed by atoms with Crippen molar-refractivity contribution in [3.63, 3.8) is 0 Å². The molecule has 0 saturated heterocycles. The normalized spacial score (nSPS) is 10.3. The molecule has 0 aliphatic carbocycles. The number of aromatic hydroxyl groups is 1. The number of methoxy groups -OCH3 is 1. The van der Waals surface area contributed by atoms with E-state index in [0.29, 0.717) is 11.3 Å². The molecule has 0 unspecified atom stereocenters. The first-order chi connectivity index (χ1) is 8.13. The topological polar surface area (TPSA) is 29.5 Å². The third-order valence-electron chi connectivity index (χ3n) is 2.60. The predicted octanol–water partition coefficient (Wildman–Crippen LogP) is 3.32. The highest BCUT2D eigenvalue weighted by atomic mass is 19.1. The fourth-order valence-electron chi connectivity index (χ4n) is 1.76. The van der Waals surface area contributed by atoms with E-state index in [2.05, 4.69) is 6.07 Å². The molecule has 2 nitrogen and oxygen atoms in total. The van der Waals surface area contributed by atoms with Crippen molar-refractivity contribution in [1.82, 2.24) is 0 Å². The Kier molecular flexibility index (Phi) is 3.00. The molecule has 0 aliphatic rings. The first kappa shape index (κ1) is 11.5. The van der Waals surface area contributed by atoms with Gasteiger partial charge in [-0.3, -0.25) is 0 Å². The molecule has 0 aromatic heterocycles. The average molecular weight is 231 g/mol. The summed E-state index contributed by atoms with van der Waals surface area (Å²) in [6.07, 6.45) is 0. The van der Waals surface area contributed by atoms with Crippen molar-refractivity contribution >= 4 is 0 Å². The maximum atomic E-state index is 13.0.